The Kier molecular flexibility index (Phi) is 4.33. The Bertz CT molecular complexity index is 800. The molecule has 24 heavy (non-hydrogen) atoms. The Hall–Kier alpha value is -2.70. The zero-order valence-electron chi connectivity index (χ0n) is 13.3. The second-order valence-electron chi connectivity index (χ2n) is 5.86. The van der Waals surface area contributed by atoms with E-state index in [-0.39, 0.29) is 18.9 Å². The first-order valence-corrected chi connectivity index (χ1v) is 7.82. The van der Waals surface area contributed by atoms with Crippen LogP contribution in [-0.4, -0.2) is 45.3 Å². The Morgan fingerprint density at radius 2 is 2.08 bits per heavy atom. The summed E-state index contributed by atoms with van der Waals surface area (Å²) in [6, 6.07) is 6.32. The third kappa shape index (κ3) is 2.89. The molecule has 1 aliphatic carbocycles. The van der Waals surface area contributed by atoms with Crippen molar-refractivity contribution in [1.82, 2.24) is 14.7 Å². The van der Waals surface area contributed by atoms with Crippen molar-refractivity contribution in [3.8, 4) is 5.69 Å². The van der Waals surface area contributed by atoms with Crippen molar-refractivity contribution >= 4 is 11.9 Å². The summed E-state index contributed by atoms with van der Waals surface area (Å²) in [5.41, 5.74) is 2.31. The smallest absolute Gasteiger partial charge is 0.305 e. The zero-order valence-corrected chi connectivity index (χ0v) is 13.3. The highest BCUT2D eigenvalue weighted by Gasteiger charge is 2.29. The minimum Gasteiger partial charge on any atom is -0.481 e. The van der Waals surface area contributed by atoms with Gasteiger partial charge in [0.1, 0.15) is 11.5 Å². The lowest BCUT2D eigenvalue weighted by molar-refractivity contribution is -0.137. The molecule has 1 heterocycles. The molecule has 3 rings (SSSR count). The summed E-state index contributed by atoms with van der Waals surface area (Å²) in [7, 11) is 1.55. The van der Waals surface area contributed by atoms with Crippen LogP contribution in [0.25, 0.3) is 5.69 Å². The van der Waals surface area contributed by atoms with Crippen LogP contribution >= 0.6 is 0 Å². The predicted molar refractivity (Wildman–Crippen MR) is 84.8 cm³/mol. The number of nitrogens with zero attached hydrogens (tertiary/aromatic N) is 3. The molecule has 0 fully saturated rings. The Balaban J connectivity index is 1.96. The van der Waals surface area contributed by atoms with E-state index in [2.05, 4.69) is 5.10 Å². The predicted octanol–water partition coefficient (Wildman–Crippen LogP) is 2.05. The van der Waals surface area contributed by atoms with E-state index in [1.807, 2.05) is 0 Å². The first-order valence-electron chi connectivity index (χ1n) is 7.82. The fourth-order valence-electron chi connectivity index (χ4n) is 2.98. The van der Waals surface area contributed by atoms with Crippen LogP contribution < -0.4 is 0 Å². The van der Waals surface area contributed by atoms with Gasteiger partial charge in [-0.3, -0.25) is 9.59 Å². The number of carboxylic acid groups (broad SMARTS) is 1. The van der Waals surface area contributed by atoms with Crippen LogP contribution in [0, 0.1) is 5.82 Å². The van der Waals surface area contributed by atoms with Crippen LogP contribution in [0.3, 0.4) is 0 Å². The maximum Gasteiger partial charge on any atom is 0.305 e. The number of aromatic nitrogens is 2. The number of hydrogen-bond acceptors (Lipinski definition) is 3. The van der Waals surface area contributed by atoms with E-state index in [0.717, 1.165) is 30.5 Å². The molecule has 0 unspecified atom stereocenters. The Labute approximate surface area is 138 Å². The van der Waals surface area contributed by atoms with Gasteiger partial charge in [0.15, 0.2) is 5.69 Å². The lowest BCUT2D eigenvalue weighted by Gasteiger charge is -2.15. The van der Waals surface area contributed by atoms with E-state index in [4.69, 9.17) is 5.11 Å². The van der Waals surface area contributed by atoms with Gasteiger partial charge in [-0.15, -0.1) is 0 Å². The summed E-state index contributed by atoms with van der Waals surface area (Å²) >= 11 is 0. The molecule has 1 amide bonds. The van der Waals surface area contributed by atoms with Crippen molar-refractivity contribution < 1.29 is 19.1 Å². The lowest BCUT2D eigenvalue weighted by atomic mass is 10.2. The highest BCUT2D eigenvalue weighted by atomic mass is 19.1. The Morgan fingerprint density at radius 3 is 2.79 bits per heavy atom. The third-order valence-electron chi connectivity index (χ3n) is 4.22. The number of fused-ring (bicyclic) bond motifs is 1. The first-order chi connectivity index (χ1) is 11.5. The maximum absolute atomic E-state index is 14.1. The molecule has 0 saturated carbocycles. The summed E-state index contributed by atoms with van der Waals surface area (Å²) < 4.78 is 15.6. The van der Waals surface area contributed by atoms with E-state index >= 15 is 0 Å². The van der Waals surface area contributed by atoms with Gasteiger partial charge in [-0.2, -0.15) is 5.10 Å². The highest BCUT2D eigenvalue weighted by Crippen LogP contribution is 2.29. The molecule has 0 saturated heterocycles. The number of aliphatic carboxylic acids is 1. The second-order valence-corrected chi connectivity index (χ2v) is 5.86. The molecule has 1 aliphatic rings. The SMILES string of the molecule is CN(CCC(=O)O)C(=O)c1nn(-c2ccccc2F)c2c1CCC2. The van der Waals surface area contributed by atoms with E-state index in [1.54, 1.807) is 25.2 Å². The number of benzene rings is 1. The standard InChI is InChI=1S/C17H18FN3O3/c1-20(10-9-15(22)23)17(24)16-11-5-4-8-13(11)21(19-16)14-7-3-2-6-12(14)18/h2-3,6-7H,4-5,8-10H2,1H3,(H,22,23). The number of para-hydroxylation sites is 1. The third-order valence-corrected chi connectivity index (χ3v) is 4.22. The largest absolute Gasteiger partial charge is 0.481 e. The van der Waals surface area contributed by atoms with E-state index in [1.165, 1.54) is 15.6 Å². The van der Waals surface area contributed by atoms with E-state index < -0.39 is 11.8 Å². The number of halogens is 1. The van der Waals surface area contributed by atoms with Crippen LogP contribution in [-0.2, 0) is 17.6 Å². The van der Waals surface area contributed by atoms with Gasteiger partial charge in [-0.05, 0) is 31.4 Å². The summed E-state index contributed by atoms with van der Waals surface area (Å²) in [6.45, 7) is 0.107. The van der Waals surface area contributed by atoms with E-state index in [9.17, 15) is 14.0 Å². The maximum atomic E-state index is 14.1. The van der Waals surface area contributed by atoms with Gasteiger partial charge in [0.05, 0.1) is 6.42 Å². The molecular weight excluding hydrogens is 313 g/mol. The number of carbonyl (C=O) groups excluding carboxylic acids is 1. The number of amides is 1. The highest BCUT2D eigenvalue weighted by molar-refractivity contribution is 5.94. The van der Waals surface area contributed by atoms with Gasteiger partial charge in [0.25, 0.3) is 5.91 Å². The molecule has 7 heteroatoms. The van der Waals surface area contributed by atoms with Crippen molar-refractivity contribution in [3.63, 3.8) is 0 Å². The quantitative estimate of drug-likeness (QED) is 0.910. The monoisotopic (exact) mass is 331 g/mol. The van der Waals surface area contributed by atoms with Gasteiger partial charge in [-0.25, -0.2) is 9.07 Å². The van der Waals surface area contributed by atoms with Crippen molar-refractivity contribution in [3.05, 3.63) is 47.0 Å². The molecule has 0 bridgehead atoms. The summed E-state index contributed by atoms with van der Waals surface area (Å²) in [5.74, 6) is -1.69. The number of hydrogen-bond donors (Lipinski definition) is 1. The summed E-state index contributed by atoms with van der Waals surface area (Å²) in [6.07, 6.45) is 2.22. The number of rotatable bonds is 5. The van der Waals surface area contributed by atoms with Gasteiger partial charge in [0.2, 0.25) is 0 Å². The van der Waals surface area contributed by atoms with Crippen molar-refractivity contribution in [1.29, 1.82) is 0 Å². The molecule has 0 atom stereocenters. The van der Waals surface area contributed by atoms with Gasteiger partial charge in [-0.1, -0.05) is 12.1 Å². The average molecular weight is 331 g/mol. The molecule has 0 spiro atoms. The molecule has 2 aromatic rings. The van der Waals surface area contributed by atoms with Crippen LogP contribution in [0.15, 0.2) is 24.3 Å². The minimum absolute atomic E-state index is 0.107. The van der Waals surface area contributed by atoms with Crippen molar-refractivity contribution in [2.75, 3.05) is 13.6 Å². The topological polar surface area (TPSA) is 75.4 Å². The first kappa shape index (κ1) is 16.2. The average Bonchev–Trinajstić information content (AvgIpc) is 3.15. The molecule has 1 N–H and O–H groups in total. The second kappa shape index (κ2) is 6.43. The van der Waals surface area contributed by atoms with Crippen molar-refractivity contribution in [2.24, 2.45) is 0 Å². The molecule has 1 aromatic heterocycles. The zero-order chi connectivity index (χ0) is 17.3. The van der Waals surface area contributed by atoms with Crippen LogP contribution in [0.1, 0.15) is 34.6 Å². The van der Waals surface area contributed by atoms with Crippen LogP contribution in [0.2, 0.25) is 0 Å². The molecule has 0 radical (unpaired) electrons. The summed E-state index contributed by atoms with van der Waals surface area (Å²) in [5, 5.41) is 13.1. The van der Waals surface area contributed by atoms with Crippen LogP contribution in [0.4, 0.5) is 4.39 Å². The van der Waals surface area contributed by atoms with Gasteiger partial charge >= 0.3 is 5.97 Å². The normalized spacial score (nSPS) is 12.9. The fraction of sp³-hybridized carbons (Fsp3) is 0.353. The minimum atomic E-state index is -0.961. The van der Waals surface area contributed by atoms with E-state index in [0.29, 0.717) is 11.4 Å². The van der Waals surface area contributed by atoms with Gasteiger partial charge < -0.3 is 10.0 Å². The molecule has 126 valence electrons. The lowest BCUT2D eigenvalue weighted by Crippen LogP contribution is -2.30. The molecule has 1 aromatic carbocycles. The van der Waals surface area contributed by atoms with Gasteiger partial charge in [0, 0.05) is 24.8 Å². The molecule has 6 nitrogen and oxygen atoms in total. The Morgan fingerprint density at radius 1 is 1.33 bits per heavy atom. The molecular formula is C17H18FN3O3. The van der Waals surface area contributed by atoms with Crippen molar-refractivity contribution in [2.45, 2.75) is 25.7 Å². The summed E-state index contributed by atoms with van der Waals surface area (Å²) in [4.78, 5) is 24.6. The number of carbonyl (C=O) groups is 2. The molecule has 0 aliphatic heterocycles. The number of carboxylic acids is 1. The fourth-order valence-corrected chi connectivity index (χ4v) is 2.98. The van der Waals surface area contributed by atoms with Crippen LogP contribution in [0.5, 0.6) is 0 Å².